The molecule has 0 aliphatic carbocycles. The maximum Gasteiger partial charge on any atom is 0.213 e. The summed E-state index contributed by atoms with van der Waals surface area (Å²) in [4.78, 5) is 11.7. The molecule has 2 N–H and O–H groups in total. The van der Waals surface area contributed by atoms with E-state index in [1.165, 1.54) is 0 Å². The number of fused-ring (bicyclic) bond motifs is 1. The standard InChI is InChI=1S/C22H26N4O2/c1-2-19-17(7-8-20(23)24-19)18-5-3-4-16-6-9-21(25-22(16)18)28-15-12-26-10-13-27-14-11-26/h3-9H,2,10-15H2,1H3,(H2,23,24). The van der Waals surface area contributed by atoms with Crippen LogP contribution in [0.15, 0.2) is 42.5 Å². The van der Waals surface area contributed by atoms with Gasteiger partial charge in [0.25, 0.3) is 0 Å². The van der Waals surface area contributed by atoms with E-state index < -0.39 is 0 Å². The topological polar surface area (TPSA) is 73.5 Å². The van der Waals surface area contributed by atoms with E-state index >= 15 is 0 Å². The highest BCUT2D eigenvalue weighted by atomic mass is 16.5. The van der Waals surface area contributed by atoms with Crippen LogP contribution in [0.3, 0.4) is 0 Å². The molecule has 0 unspecified atom stereocenters. The van der Waals surface area contributed by atoms with Gasteiger partial charge in [0, 0.05) is 42.2 Å². The third-order valence-corrected chi connectivity index (χ3v) is 5.08. The first kappa shape index (κ1) is 18.7. The minimum absolute atomic E-state index is 0.543. The fourth-order valence-electron chi connectivity index (χ4n) is 3.56. The summed E-state index contributed by atoms with van der Waals surface area (Å²) in [5.41, 5.74) is 9.90. The van der Waals surface area contributed by atoms with Crippen LogP contribution in [-0.4, -0.2) is 54.3 Å². The third-order valence-electron chi connectivity index (χ3n) is 5.08. The van der Waals surface area contributed by atoms with E-state index in [0.717, 1.165) is 67.0 Å². The summed E-state index contributed by atoms with van der Waals surface area (Å²) in [5.74, 6) is 1.19. The quantitative estimate of drug-likeness (QED) is 0.710. The Hall–Kier alpha value is -2.70. The molecule has 0 spiro atoms. The first-order chi connectivity index (χ1) is 13.7. The molecule has 6 nitrogen and oxygen atoms in total. The van der Waals surface area contributed by atoms with Crippen molar-refractivity contribution < 1.29 is 9.47 Å². The predicted octanol–water partition coefficient (Wildman–Crippen LogP) is 3.15. The lowest BCUT2D eigenvalue weighted by molar-refractivity contribution is 0.0320. The third kappa shape index (κ3) is 4.08. The zero-order valence-electron chi connectivity index (χ0n) is 16.2. The smallest absolute Gasteiger partial charge is 0.213 e. The number of nitrogens with two attached hydrogens (primary N) is 1. The number of ether oxygens (including phenoxy) is 2. The van der Waals surface area contributed by atoms with Crippen LogP contribution >= 0.6 is 0 Å². The number of aromatic nitrogens is 2. The molecule has 3 heterocycles. The molecule has 0 saturated carbocycles. The molecule has 0 amide bonds. The number of hydrogen-bond acceptors (Lipinski definition) is 6. The maximum absolute atomic E-state index is 5.95. The second-order valence-electron chi connectivity index (χ2n) is 6.91. The zero-order valence-corrected chi connectivity index (χ0v) is 16.2. The van der Waals surface area contributed by atoms with E-state index in [4.69, 9.17) is 20.2 Å². The van der Waals surface area contributed by atoms with Gasteiger partial charge >= 0.3 is 0 Å². The van der Waals surface area contributed by atoms with Gasteiger partial charge in [0.15, 0.2) is 0 Å². The summed E-state index contributed by atoms with van der Waals surface area (Å²) in [5, 5.41) is 1.08. The van der Waals surface area contributed by atoms with Gasteiger partial charge < -0.3 is 15.2 Å². The number of nitrogen functional groups attached to an aromatic ring is 1. The van der Waals surface area contributed by atoms with Crippen LogP contribution in [0.5, 0.6) is 5.88 Å². The summed E-state index contributed by atoms with van der Waals surface area (Å²) in [6.45, 7) is 7.10. The first-order valence-corrected chi connectivity index (χ1v) is 9.83. The zero-order chi connectivity index (χ0) is 19.3. The summed E-state index contributed by atoms with van der Waals surface area (Å²) >= 11 is 0. The molecule has 146 valence electrons. The molecule has 1 saturated heterocycles. The van der Waals surface area contributed by atoms with Gasteiger partial charge in [-0.15, -0.1) is 0 Å². The largest absolute Gasteiger partial charge is 0.476 e. The lowest BCUT2D eigenvalue weighted by atomic mass is 9.99. The van der Waals surface area contributed by atoms with Gasteiger partial charge in [-0.2, -0.15) is 0 Å². The van der Waals surface area contributed by atoms with Crippen LogP contribution in [0, 0.1) is 0 Å². The Balaban J connectivity index is 1.59. The minimum atomic E-state index is 0.543. The molecule has 1 aromatic carbocycles. The fraction of sp³-hybridized carbons (Fsp3) is 0.364. The van der Waals surface area contributed by atoms with Crippen LogP contribution < -0.4 is 10.5 Å². The summed E-state index contributed by atoms with van der Waals surface area (Å²) < 4.78 is 11.3. The molecule has 3 aromatic rings. The van der Waals surface area contributed by atoms with Crippen LogP contribution in [0.25, 0.3) is 22.0 Å². The predicted molar refractivity (Wildman–Crippen MR) is 112 cm³/mol. The van der Waals surface area contributed by atoms with Gasteiger partial charge in [-0.05, 0) is 24.6 Å². The Morgan fingerprint density at radius 1 is 1.04 bits per heavy atom. The second-order valence-corrected chi connectivity index (χ2v) is 6.91. The van der Waals surface area contributed by atoms with Gasteiger partial charge in [-0.1, -0.05) is 25.1 Å². The van der Waals surface area contributed by atoms with Crippen molar-refractivity contribution >= 4 is 16.7 Å². The normalized spacial score (nSPS) is 15.0. The number of nitrogens with zero attached hydrogens (tertiary/aromatic N) is 3. The Bertz CT molecular complexity index is 954. The minimum Gasteiger partial charge on any atom is -0.476 e. The molecule has 28 heavy (non-hydrogen) atoms. The van der Waals surface area contributed by atoms with E-state index in [1.807, 2.05) is 24.3 Å². The molecule has 6 heteroatoms. The lowest BCUT2D eigenvalue weighted by Crippen LogP contribution is -2.38. The molecule has 4 rings (SSSR count). The van der Waals surface area contributed by atoms with Crippen LogP contribution in [-0.2, 0) is 11.2 Å². The first-order valence-electron chi connectivity index (χ1n) is 9.83. The number of pyridine rings is 2. The Labute approximate surface area is 165 Å². The second kappa shape index (κ2) is 8.54. The molecule has 1 fully saturated rings. The van der Waals surface area contributed by atoms with Crippen molar-refractivity contribution in [2.45, 2.75) is 13.3 Å². The number of hydrogen-bond donors (Lipinski definition) is 1. The fourth-order valence-corrected chi connectivity index (χ4v) is 3.56. The van der Waals surface area contributed by atoms with Crippen molar-refractivity contribution in [2.24, 2.45) is 0 Å². The van der Waals surface area contributed by atoms with E-state index in [0.29, 0.717) is 18.3 Å². The highest BCUT2D eigenvalue weighted by molar-refractivity contribution is 5.94. The van der Waals surface area contributed by atoms with Crippen LogP contribution in [0.2, 0.25) is 0 Å². The van der Waals surface area contributed by atoms with Gasteiger partial charge in [0.1, 0.15) is 12.4 Å². The number of para-hydroxylation sites is 1. The average Bonchev–Trinajstić information content (AvgIpc) is 2.74. The van der Waals surface area contributed by atoms with Gasteiger partial charge in [-0.25, -0.2) is 9.97 Å². The molecule has 0 atom stereocenters. The highest BCUT2D eigenvalue weighted by Crippen LogP contribution is 2.31. The number of benzene rings is 1. The van der Waals surface area contributed by atoms with Crippen molar-refractivity contribution in [3.05, 3.63) is 48.2 Å². The van der Waals surface area contributed by atoms with Crippen molar-refractivity contribution in [1.29, 1.82) is 0 Å². The van der Waals surface area contributed by atoms with Crippen molar-refractivity contribution in [2.75, 3.05) is 45.2 Å². The van der Waals surface area contributed by atoms with Crippen LogP contribution in [0.1, 0.15) is 12.6 Å². The lowest BCUT2D eigenvalue weighted by Gasteiger charge is -2.26. The molecular weight excluding hydrogens is 352 g/mol. The van der Waals surface area contributed by atoms with Crippen molar-refractivity contribution in [1.82, 2.24) is 14.9 Å². The number of anilines is 1. The van der Waals surface area contributed by atoms with E-state index in [2.05, 4.69) is 35.0 Å². The summed E-state index contributed by atoms with van der Waals surface area (Å²) in [7, 11) is 0. The molecule has 1 aliphatic rings. The Morgan fingerprint density at radius 2 is 1.89 bits per heavy atom. The van der Waals surface area contributed by atoms with Gasteiger partial charge in [-0.3, -0.25) is 4.90 Å². The van der Waals surface area contributed by atoms with Crippen LogP contribution in [0.4, 0.5) is 5.82 Å². The average molecular weight is 378 g/mol. The Kier molecular flexibility index (Phi) is 5.69. The van der Waals surface area contributed by atoms with Gasteiger partial charge in [0.05, 0.1) is 24.4 Å². The highest BCUT2D eigenvalue weighted by Gasteiger charge is 2.13. The van der Waals surface area contributed by atoms with Crippen molar-refractivity contribution in [3.63, 3.8) is 0 Å². The molecule has 0 radical (unpaired) electrons. The van der Waals surface area contributed by atoms with E-state index in [-0.39, 0.29) is 0 Å². The maximum atomic E-state index is 5.95. The SMILES string of the molecule is CCc1nc(N)ccc1-c1cccc2ccc(OCCN3CCOCC3)nc12. The molecular formula is C22H26N4O2. The van der Waals surface area contributed by atoms with E-state index in [9.17, 15) is 0 Å². The summed E-state index contributed by atoms with van der Waals surface area (Å²) in [6, 6.07) is 14.1. The molecule has 2 aromatic heterocycles. The van der Waals surface area contributed by atoms with Crippen molar-refractivity contribution in [3.8, 4) is 17.0 Å². The summed E-state index contributed by atoms with van der Waals surface area (Å²) in [6.07, 6.45) is 0.812. The van der Waals surface area contributed by atoms with E-state index in [1.54, 1.807) is 0 Å². The van der Waals surface area contributed by atoms with Gasteiger partial charge in [0.2, 0.25) is 5.88 Å². The number of aryl methyl sites for hydroxylation is 1. The number of rotatable bonds is 6. The molecule has 1 aliphatic heterocycles. The monoisotopic (exact) mass is 378 g/mol. The Morgan fingerprint density at radius 3 is 2.71 bits per heavy atom. The number of morpholine rings is 1. The molecule has 0 bridgehead atoms.